The van der Waals surface area contributed by atoms with E-state index < -0.39 is 0 Å². The minimum absolute atomic E-state index is 0.540. The number of hydrogen-bond donors (Lipinski definition) is 1. The van der Waals surface area contributed by atoms with Crippen molar-refractivity contribution in [2.75, 3.05) is 33.4 Å². The average Bonchev–Trinajstić information content (AvgIpc) is 2.98. The second-order valence-electron chi connectivity index (χ2n) is 5.70. The fraction of sp³-hybridized carbons (Fsp3) is 1.00. The zero-order chi connectivity index (χ0) is 12.1. The van der Waals surface area contributed by atoms with Gasteiger partial charge in [0.2, 0.25) is 0 Å². The van der Waals surface area contributed by atoms with Gasteiger partial charge in [-0.1, -0.05) is 13.3 Å². The molecule has 3 heteroatoms. The molecule has 0 aromatic rings. The number of nitrogens with one attached hydrogen (secondary N) is 1. The monoisotopic (exact) mass is 241 g/mol. The molecule has 0 amide bonds. The van der Waals surface area contributed by atoms with Gasteiger partial charge in [-0.2, -0.15) is 0 Å². The van der Waals surface area contributed by atoms with Gasteiger partial charge in [0.25, 0.3) is 0 Å². The summed E-state index contributed by atoms with van der Waals surface area (Å²) in [6.45, 7) is 6.21. The molecule has 1 N–H and O–H groups in total. The lowest BCUT2D eigenvalue weighted by molar-refractivity contribution is -0.0247. The summed E-state index contributed by atoms with van der Waals surface area (Å²) in [7, 11) is 1.76. The highest BCUT2D eigenvalue weighted by molar-refractivity contribution is 5.05. The average molecular weight is 241 g/mol. The molecule has 1 heterocycles. The molecule has 0 aromatic heterocycles. The summed E-state index contributed by atoms with van der Waals surface area (Å²) in [4.78, 5) is 0. The summed E-state index contributed by atoms with van der Waals surface area (Å²) in [5.74, 6) is 0.891. The first-order valence-corrected chi connectivity index (χ1v) is 7.12. The largest absolute Gasteiger partial charge is 0.383 e. The Bertz CT molecular complexity index is 232. The van der Waals surface area contributed by atoms with Crippen molar-refractivity contribution in [3.63, 3.8) is 0 Å². The lowest BCUT2D eigenvalue weighted by atomic mass is 9.88. The molecular formula is C14H27NO2. The van der Waals surface area contributed by atoms with Crippen molar-refractivity contribution in [1.82, 2.24) is 5.32 Å². The molecule has 17 heavy (non-hydrogen) atoms. The Morgan fingerprint density at radius 2 is 2.29 bits per heavy atom. The van der Waals surface area contributed by atoms with E-state index >= 15 is 0 Å². The quantitative estimate of drug-likeness (QED) is 0.693. The first kappa shape index (κ1) is 13.3. The molecule has 1 aliphatic carbocycles. The van der Waals surface area contributed by atoms with Gasteiger partial charge < -0.3 is 14.8 Å². The van der Waals surface area contributed by atoms with Crippen molar-refractivity contribution in [2.24, 2.45) is 11.3 Å². The number of ether oxygens (including phenoxy) is 2. The van der Waals surface area contributed by atoms with Crippen LogP contribution in [0.15, 0.2) is 0 Å². The fourth-order valence-electron chi connectivity index (χ4n) is 3.28. The van der Waals surface area contributed by atoms with Crippen LogP contribution in [0.25, 0.3) is 0 Å². The van der Waals surface area contributed by atoms with E-state index in [9.17, 15) is 0 Å². The molecular weight excluding hydrogens is 214 g/mol. The number of rotatable bonds is 7. The summed E-state index contributed by atoms with van der Waals surface area (Å²) < 4.78 is 10.9. The van der Waals surface area contributed by atoms with E-state index in [1.165, 1.54) is 38.6 Å². The van der Waals surface area contributed by atoms with Gasteiger partial charge >= 0.3 is 0 Å². The van der Waals surface area contributed by atoms with Gasteiger partial charge in [0, 0.05) is 20.3 Å². The van der Waals surface area contributed by atoms with Crippen LogP contribution in [0.3, 0.4) is 0 Å². The van der Waals surface area contributed by atoms with Crippen LogP contribution in [-0.4, -0.2) is 39.5 Å². The fourth-order valence-corrected chi connectivity index (χ4v) is 3.28. The number of hydrogen-bond acceptors (Lipinski definition) is 3. The van der Waals surface area contributed by atoms with E-state index in [4.69, 9.17) is 9.47 Å². The Balaban J connectivity index is 1.67. The van der Waals surface area contributed by atoms with E-state index in [2.05, 4.69) is 12.2 Å². The van der Waals surface area contributed by atoms with E-state index in [0.717, 1.165) is 25.7 Å². The molecule has 1 saturated carbocycles. The Hall–Kier alpha value is -0.120. The maximum absolute atomic E-state index is 5.84. The summed E-state index contributed by atoms with van der Waals surface area (Å²) in [5.41, 5.74) is 0.637. The van der Waals surface area contributed by atoms with Crippen LogP contribution in [-0.2, 0) is 9.47 Å². The van der Waals surface area contributed by atoms with Gasteiger partial charge in [-0.25, -0.2) is 0 Å². The first-order chi connectivity index (χ1) is 8.30. The maximum Gasteiger partial charge on any atom is 0.0587 e. The van der Waals surface area contributed by atoms with Gasteiger partial charge in [0.1, 0.15) is 0 Å². The zero-order valence-corrected chi connectivity index (χ0v) is 11.3. The van der Waals surface area contributed by atoms with Gasteiger partial charge in [-0.3, -0.25) is 0 Å². The molecule has 3 nitrogen and oxygen atoms in total. The number of methoxy groups -OCH3 is 1. The third-order valence-electron chi connectivity index (χ3n) is 4.43. The van der Waals surface area contributed by atoms with E-state index in [1.807, 2.05) is 0 Å². The highest BCUT2D eigenvalue weighted by atomic mass is 16.5. The van der Waals surface area contributed by atoms with Crippen LogP contribution in [0.4, 0.5) is 0 Å². The third kappa shape index (κ3) is 3.43. The lowest BCUT2D eigenvalue weighted by Gasteiger charge is -2.30. The minimum Gasteiger partial charge on any atom is -0.383 e. The van der Waals surface area contributed by atoms with Crippen LogP contribution >= 0.6 is 0 Å². The summed E-state index contributed by atoms with van der Waals surface area (Å²) in [5, 5.41) is 3.50. The smallest absolute Gasteiger partial charge is 0.0587 e. The highest BCUT2D eigenvalue weighted by Crippen LogP contribution is 2.60. The van der Waals surface area contributed by atoms with Crippen LogP contribution in [0, 0.1) is 11.3 Å². The van der Waals surface area contributed by atoms with Crippen molar-refractivity contribution < 1.29 is 9.47 Å². The van der Waals surface area contributed by atoms with Gasteiger partial charge in [-0.05, 0) is 43.6 Å². The topological polar surface area (TPSA) is 30.5 Å². The summed E-state index contributed by atoms with van der Waals surface area (Å²) in [6.07, 6.45) is 7.03. The lowest BCUT2D eigenvalue weighted by Crippen LogP contribution is -2.30. The van der Waals surface area contributed by atoms with Crippen LogP contribution < -0.4 is 5.32 Å². The third-order valence-corrected chi connectivity index (χ3v) is 4.43. The molecule has 0 bridgehead atoms. The molecule has 3 atom stereocenters. The van der Waals surface area contributed by atoms with Crippen molar-refractivity contribution in [2.45, 2.75) is 45.1 Å². The van der Waals surface area contributed by atoms with Gasteiger partial charge in [-0.15, -0.1) is 0 Å². The molecule has 100 valence electrons. The van der Waals surface area contributed by atoms with Crippen LogP contribution in [0.1, 0.15) is 39.0 Å². The van der Waals surface area contributed by atoms with Gasteiger partial charge in [0.05, 0.1) is 12.7 Å². The second kappa shape index (κ2) is 6.17. The molecule has 3 unspecified atom stereocenters. The van der Waals surface area contributed by atoms with Crippen LogP contribution in [0.2, 0.25) is 0 Å². The van der Waals surface area contributed by atoms with Crippen molar-refractivity contribution in [3.8, 4) is 0 Å². The standard InChI is InChI=1S/C14H27NO2/c1-3-4-13-10-14(5-7-17-13)9-12(14)11-15-6-8-16-2/h12-13,15H,3-11H2,1-2H3. The Labute approximate surface area is 105 Å². The zero-order valence-electron chi connectivity index (χ0n) is 11.3. The molecule has 2 fully saturated rings. The molecule has 2 aliphatic rings. The Kier molecular flexibility index (Phi) is 4.83. The Morgan fingerprint density at radius 1 is 1.41 bits per heavy atom. The summed E-state index contributed by atoms with van der Waals surface area (Å²) in [6, 6.07) is 0. The maximum atomic E-state index is 5.84. The molecule has 1 saturated heterocycles. The van der Waals surface area contributed by atoms with E-state index in [0.29, 0.717) is 11.5 Å². The molecule has 1 spiro atoms. The Morgan fingerprint density at radius 3 is 3.06 bits per heavy atom. The van der Waals surface area contributed by atoms with Gasteiger partial charge in [0.15, 0.2) is 0 Å². The SMILES string of the molecule is CCCC1CC2(CCO1)CC2CNCCOC. The van der Waals surface area contributed by atoms with E-state index in [-0.39, 0.29) is 0 Å². The van der Waals surface area contributed by atoms with E-state index in [1.54, 1.807) is 7.11 Å². The molecule has 2 rings (SSSR count). The highest BCUT2D eigenvalue weighted by Gasteiger charge is 2.55. The predicted octanol–water partition coefficient (Wildman–Crippen LogP) is 2.21. The molecule has 0 aromatic carbocycles. The van der Waals surface area contributed by atoms with Crippen molar-refractivity contribution >= 4 is 0 Å². The summed E-state index contributed by atoms with van der Waals surface area (Å²) >= 11 is 0. The normalized spacial score (nSPS) is 36.4. The predicted molar refractivity (Wildman–Crippen MR) is 69.2 cm³/mol. The second-order valence-corrected chi connectivity index (χ2v) is 5.70. The van der Waals surface area contributed by atoms with Crippen molar-refractivity contribution in [3.05, 3.63) is 0 Å². The molecule has 1 aliphatic heterocycles. The van der Waals surface area contributed by atoms with Crippen LogP contribution in [0.5, 0.6) is 0 Å². The first-order valence-electron chi connectivity index (χ1n) is 7.12. The minimum atomic E-state index is 0.540. The molecule has 0 radical (unpaired) electrons. The van der Waals surface area contributed by atoms with Crippen molar-refractivity contribution in [1.29, 1.82) is 0 Å².